The number of benzene rings is 2. The van der Waals surface area contributed by atoms with Crippen LogP contribution in [0.2, 0.25) is 0 Å². The molecule has 3 aliphatic rings. The normalized spacial score (nSPS) is 20.8. The van der Waals surface area contributed by atoms with E-state index in [1.54, 1.807) is 29.3 Å². The average molecular weight is 710 g/mol. The smallest absolute Gasteiger partial charge is 0.264 e. The number of anilines is 2. The summed E-state index contributed by atoms with van der Waals surface area (Å²) < 4.78 is 36.5. The molecule has 2 atom stereocenters. The molecule has 0 spiro atoms. The van der Waals surface area contributed by atoms with Crippen molar-refractivity contribution < 1.29 is 17.9 Å². The van der Waals surface area contributed by atoms with E-state index in [9.17, 15) is 13.2 Å². The molecule has 0 unspecified atom stereocenters. The van der Waals surface area contributed by atoms with E-state index in [4.69, 9.17) is 9.72 Å². The lowest BCUT2D eigenvalue weighted by atomic mass is 9.79. The standard InChI is InChI=1S/C39H47N7O4S/c1-25-10-6-11-26(2)36(25)32-19-35-43-38(42-32)44-51(48,49)31-15-8-14-28(18-31)37(47)46(30(24-50-35)20-39(3,4)5)23-29-21-40-22-34(41-29)45-17-9-16-33(45)27-12-7-13-27/h6,8,10-11,14-15,18-19,21-22,27,30,33H,7,9,12-13,16-17,20,23-24H2,1-5H3,(H,42,43,44)/t30-,33-/m1/s1. The summed E-state index contributed by atoms with van der Waals surface area (Å²) in [4.78, 5) is 37.6. The van der Waals surface area contributed by atoms with Gasteiger partial charge in [0.2, 0.25) is 11.8 Å². The van der Waals surface area contributed by atoms with Crippen molar-refractivity contribution in [3.8, 4) is 17.1 Å². The van der Waals surface area contributed by atoms with Crippen LogP contribution >= 0.6 is 0 Å². The highest BCUT2D eigenvalue weighted by Crippen LogP contribution is 2.39. The van der Waals surface area contributed by atoms with Gasteiger partial charge < -0.3 is 14.5 Å². The first-order valence-corrected chi connectivity index (χ1v) is 19.4. The molecule has 11 nitrogen and oxygen atoms in total. The van der Waals surface area contributed by atoms with Crippen LogP contribution in [0.1, 0.15) is 86.5 Å². The maximum Gasteiger partial charge on any atom is 0.264 e. The van der Waals surface area contributed by atoms with Gasteiger partial charge in [-0.05, 0) is 86.6 Å². The number of sulfonamides is 1. The van der Waals surface area contributed by atoms with Crippen molar-refractivity contribution in [3.05, 3.63) is 83.3 Å². The highest BCUT2D eigenvalue weighted by molar-refractivity contribution is 7.92. The quantitative estimate of drug-likeness (QED) is 0.226. The Balaban J connectivity index is 1.31. The van der Waals surface area contributed by atoms with Crippen LogP contribution in [-0.2, 0) is 16.6 Å². The Morgan fingerprint density at radius 3 is 2.43 bits per heavy atom. The van der Waals surface area contributed by atoms with E-state index in [0.717, 1.165) is 41.9 Å². The molecule has 4 aromatic rings. The van der Waals surface area contributed by atoms with E-state index < -0.39 is 16.1 Å². The first-order valence-electron chi connectivity index (χ1n) is 17.9. The molecular weight excluding hydrogens is 663 g/mol. The van der Waals surface area contributed by atoms with Crippen LogP contribution in [0.15, 0.2) is 65.8 Å². The summed E-state index contributed by atoms with van der Waals surface area (Å²) in [6.07, 6.45) is 10.3. The van der Waals surface area contributed by atoms with Crippen molar-refractivity contribution in [3.63, 3.8) is 0 Å². The van der Waals surface area contributed by atoms with Gasteiger partial charge >= 0.3 is 0 Å². The number of carbonyl (C=O) groups is 1. The van der Waals surface area contributed by atoms with Crippen molar-refractivity contribution in [2.24, 2.45) is 11.3 Å². The molecule has 2 aromatic carbocycles. The molecular formula is C39H47N7O4S. The lowest BCUT2D eigenvalue weighted by molar-refractivity contribution is 0.0509. The van der Waals surface area contributed by atoms with Gasteiger partial charge in [0.25, 0.3) is 15.9 Å². The minimum absolute atomic E-state index is 0.0682. The fourth-order valence-corrected chi connectivity index (χ4v) is 8.71. The molecule has 1 saturated heterocycles. The summed E-state index contributed by atoms with van der Waals surface area (Å²) in [6.45, 7) is 11.6. The first kappa shape index (κ1) is 34.9. The Hall–Kier alpha value is -4.58. The highest BCUT2D eigenvalue weighted by Gasteiger charge is 2.36. The van der Waals surface area contributed by atoms with E-state index in [0.29, 0.717) is 29.8 Å². The van der Waals surface area contributed by atoms with Gasteiger partial charge in [-0.15, -0.1) is 0 Å². The SMILES string of the molecule is Cc1cccc(C)c1-c1cc2nc(n1)NS(=O)(=O)c1cccc(c1)C(=O)N(Cc1cncc(N3CCC[C@@H]3C3CCC3)n1)[C@H](CC(C)(C)C)CO2. The van der Waals surface area contributed by atoms with E-state index in [1.807, 2.05) is 38.2 Å². The summed E-state index contributed by atoms with van der Waals surface area (Å²) in [6, 6.07) is 13.8. The number of aromatic nitrogens is 4. The molecule has 1 saturated carbocycles. The molecule has 51 heavy (non-hydrogen) atoms. The number of aryl methyl sites for hydroxylation is 2. The second kappa shape index (κ2) is 13.9. The Morgan fingerprint density at radius 2 is 1.71 bits per heavy atom. The number of carbonyl (C=O) groups excluding carboxylic acids is 1. The van der Waals surface area contributed by atoms with Gasteiger partial charge in [-0.25, -0.2) is 23.1 Å². The minimum Gasteiger partial charge on any atom is -0.475 e. The van der Waals surface area contributed by atoms with Gasteiger partial charge in [0.15, 0.2) is 0 Å². The van der Waals surface area contributed by atoms with Gasteiger partial charge in [0.05, 0.1) is 41.3 Å². The van der Waals surface area contributed by atoms with Gasteiger partial charge in [-0.3, -0.25) is 9.78 Å². The lowest BCUT2D eigenvalue weighted by Gasteiger charge is -2.38. The van der Waals surface area contributed by atoms with Gasteiger partial charge in [0, 0.05) is 29.8 Å². The predicted octanol–water partition coefficient (Wildman–Crippen LogP) is 6.96. The number of amides is 1. The zero-order valence-corrected chi connectivity index (χ0v) is 30.9. The summed E-state index contributed by atoms with van der Waals surface area (Å²) in [5.74, 6) is 1.31. The molecule has 2 aliphatic heterocycles. The maximum atomic E-state index is 14.6. The average Bonchev–Trinajstić information content (AvgIpc) is 3.53. The Kier molecular flexibility index (Phi) is 9.47. The summed E-state index contributed by atoms with van der Waals surface area (Å²) in [7, 11) is -4.17. The molecule has 268 valence electrons. The number of hydrogen-bond acceptors (Lipinski definition) is 9. The van der Waals surface area contributed by atoms with E-state index >= 15 is 0 Å². The zero-order chi connectivity index (χ0) is 35.9. The monoisotopic (exact) mass is 709 g/mol. The molecule has 2 fully saturated rings. The molecule has 1 N–H and O–H groups in total. The van der Waals surface area contributed by atoms with E-state index in [2.05, 4.69) is 45.3 Å². The summed E-state index contributed by atoms with van der Waals surface area (Å²) >= 11 is 0. The third-order valence-corrected chi connectivity index (χ3v) is 11.6. The zero-order valence-electron chi connectivity index (χ0n) is 30.1. The fraction of sp³-hybridized carbons (Fsp3) is 0.462. The largest absolute Gasteiger partial charge is 0.475 e. The molecule has 0 radical (unpaired) electrons. The maximum absolute atomic E-state index is 14.6. The van der Waals surface area contributed by atoms with Gasteiger partial charge in [-0.1, -0.05) is 51.5 Å². The van der Waals surface area contributed by atoms with Crippen LogP contribution < -0.4 is 14.4 Å². The summed E-state index contributed by atoms with van der Waals surface area (Å²) in [5.41, 5.74) is 4.09. The number of ether oxygens (including phenoxy) is 1. The fourth-order valence-electron chi connectivity index (χ4n) is 7.72. The van der Waals surface area contributed by atoms with Crippen molar-refractivity contribution in [2.75, 3.05) is 22.8 Å². The minimum atomic E-state index is -4.17. The molecule has 12 heteroatoms. The highest BCUT2D eigenvalue weighted by atomic mass is 32.2. The molecule has 1 aliphatic carbocycles. The number of nitrogens with zero attached hydrogens (tertiary/aromatic N) is 6. The molecule has 4 bridgehead atoms. The second-order valence-electron chi connectivity index (χ2n) is 15.4. The van der Waals surface area contributed by atoms with Gasteiger partial charge in [-0.2, -0.15) is 4.98 Å². The van der Waals surface area contributed by atoms with Crippen molar-refractivity contribution in [1.29, 1.82) is 0 Å². The van der Waals surface area contributed by atoms with Crippen molar-refractivity contribution >= 4 is 27.7 Å². The summed E-state index contributed by atoms with van der Waals surface area (Å²) in [5, 5.41) is 0. The topological polar surface area (TPSA) is 131 Å². The number of rotatable bonds is 6. The van der Waals surface area contributed by atoms with Crippen LogP contribution in [0.3, 0.4) is 0 Å². The predicted molar refractivity (Wildman–Crippen MR) is 197 cm³/mol. The van der Waals surface area contributed by atoms with Crippen LogP contribution in [0.5, 0.6) is 5.88 Å². The van der Waals surface area contributed by atoms with Crippen LogP contribution in [-0.4, -0.2) is 64.4 Å². The number of hydrogen-bond donors (Lipinski definition) is 1. The van der Waals surface area contributed by atoms with Crippen LogP contribution in [0.4, 0.5) is 11.8 Å². The second-order valence-corrected chi connectivity index (χ2v) is 17.1. The Bertz CT molecular complexity index is 2020. The van der Waals surface area contributed by atoms with Crippen molar-refractivity contribution in [1.82, 2.24) is 24.8 Å². The third kappa shape index (κ3) is 7.56. The molecule has 1 amide bonds. The van der Waals surface area contributed by atoms with E-state index in [1.165, 1.54) is 31.4 Å². The van der Waals surface area contributed by atoms with Gasteiger partial charge in [0.1, 0.15) is 12.4 Å². The van der Waals surface area contributed by atoms with Crippen LogP contribution in [0, 0.1) is 25.2 Å². The number of nitrogens with one attached hydrogen (secondary N) is 1. The van der Waals surface area contributed by atoms with Crippen molar-refractivity contribution in [2.45, 2.75) is 96.7 Å². The van der Waals surface area contributed by atoms with E-state index in [-0.39, 0.29) is 46.8 Å². The molecule has 2 aromatic heterocycles. The molecule has 7 rings (SSSR count). The number of fused-ring (bicyclic) bond motifs is 4. The first-order chi connectivity index (χ1) is 24.3. The lowest BCUT2D eigenvalue weighted by Crippen LogP contribution is -2.45. The Labute approximate surface area is 301 Å². The van der Waals surface area contributed by atoms with Crippen LogP contribution in [0.25, 0.3) is 11.3 Å². The molecule has 4 heterocycles. The third-order valence-electron chi connectivity index (χ3n) is 10.3. The Morgan fingerprint density at radius 1 is 0.941 bits per heavy atom.